The highest BCUT2D eigenvalue weighted by Crippen LogP contribution is 2.32. The largest absolute Gasteiger partial charge is 0.381 e. The number of anilines is 1. The third kappa shape index (κ3) is 3.09. The van der Waals surface area contributed by atoms with Crippen molar-refractivity contribution < 1.29 is 4.79 Å². The molecule has 112 valence electrons. The summed E-state index contributed by atoms with van der Waals surface area (Å²) in [5.74, 6) is -0.376. The molecule has 0 radical (unpaired) electrons. The molecule has 1 unspecified atom stereocenters. The zero-order valence-electron chi connectivity index (χ0n) is 11.2. The van der Waals surface area contributed by atoms with Gasteiger partial charge in [0.25, 0.3) is 5.91 Å². The highest BCUT2D eigenvalue weighted by Gasteiger charge is 2.22. The van der Waals surface area contributed by atoms with Crippen LogP contribution in [0.4, 0.5) is 5.69 Å². The second-order valence-corrected chi connectivity index (χ2v) is 6.00. The van der Waals surface area contributed by atoms with Crippen LogP contribution in [0.1, 0.15) is 27.0 Å². The SMILES string of the molecule is O=C1N=NC(Cl)c2cc(NCc3ccc(Cl)cc3Cl)ccc21. The molecule has 0 aromatic heterocycles. The van der Waals surface area contributed by atoms with Crippen LogP contribution in [0.15, 0.2) is 46.6 Å². The first-order chi connectivity index (χ1) is 10.5. The van der Waals surface area contributed by atoms with Crippen molar-refractivity contribution in [3.8, 4) is 0 Å². The lowest BCUT2D eigenvalue weighted by Gasteiger charge is -2.15. The van der Waals surface area contributed by atoms with Gasteiger partial charge < -0.3 is 5.32 Å². The average molecular weight is 355 g/mol. The summed E-state index contributed by atoms with van der Waals surface area (Å²) in [7, 11) is 0. The summed E-state index contributed by atoms with van der Waals surface area (Å²) in [4.78, 5) is 11.6. The van der Waals surface area contributed by atoms with Crippen LogP contribution in [0.25, 0.3) is 0 Å². The number of alkyl halides is 1. The Morgan fingerprint density at radius 1 is 1.14 bits per heavy atom. The van der Waals surface area contributed by atoms with Gasteiger partial charge in [-0.1, -0.05) is 40.9 Å². The number of halogens is 3. The number of azo groups is 1. The Bertz CT molecular complexity index is 777. The average Bonchev–Trinajstić information content (AvgIpc) is 2.50. The summed E-state index contributed by atoms with van der Waals surface area (Å²) < 4.78 is 0. The molecule has 0 aliphatic carbocycles. The van der Waals surface area contributed by atoms with E-state index >= 15 is 0 Å². The molecular formula is C15H10Cl3N3O. The molecule has 1 amide bonds. The third-order valence-electron chi connectivity index (χ3n) is 3.29. The minimum absolute atomic E-state index is 0.376. The Morgan fingerprint density at radius 3 is 2.73 bits per heavy atom. The highest BCUT2D eigenvalue weighted by atomic mass is 35.5. The van der Waals surface area contributed by atoms with E-state index in [1.165, 1.54) is 0 Å². The fourth-order valence-electron chi connectivity index (χ4n) is 2.15. The predicted octanol–water partition coefficient (Wildman–Crippen LogP) is 5.45. The maximum Gasteiger partial charge on any atom is 0.295 e. The summed E-state index contributed by atoms with van der Waals surface area (Å²) in [6.07, 6.45) is 0. The fraction of sp³-hybridized carbons (Fsp3) is 0.133. The number of rotatable bonds is 3. The molecule has 2 aromatic rings. The Labute approximate surface area is 142 Å². The zero-order valence-corrected chi connectivity index (χ0v) is 13.5. The number of hydrogen-bond acceptors (Lipinski definition) is 3. The molecule has 22 heavy (non-hydrogen) atoms. The van der Waals surface area contributed by atoms with E-state index in [9.17, 15) is 4.79 Å². The van der Waals surface area contributed by atoms with Gasteiger partial charge in [0, 0.05) is 27.8 Å². The van der Waals surface area contributed by atoms with Crippen molar-refractivity contribution in [2.45, 2.75) is 12.0 Å². The second kappa shape index (κ2) is 6.24. The van der Waals surface area contributed by atoms with Crippen LogP contribution >= 0.6 is 34.8 Å². The van der Waals surface area contributed by atoms with Crippen molar-refractivity contribution in [2.75, 3.05) is 5.32 Å². The second-order valence-electron chi connectivity index (χ2n) is 4.75. The molecule has 1 N–H and O–H groups in total. The number of carbonyl (C=O) groups excluding carboxylic acids is 1. The summed E-state index contributed by atoms with van der Waals surface area (Å²) in [6.45, 7) is 0.525. The fourth-order valence-corrected chi connectivity index (χ4v) is 2.85. The van der Waals surface area contributed by atoms with Gasteiger partial charge in [-0.2, -0.15) is 5.11 Å². The molecule has 0 fully saturated rings. The molecule has 0 saturated heterocycles. The predicted molar refractivity (Wildman–Crippen MR) is 88.0 cm³/mol. The van der Waals surface area contributed by atoms with E-state index in [0.29, 0.717) is 27.7 Å². The topological polar surface area (TPSA) is 53.8 Å². The maximum atomic E-state index is 11.6. The lowest BCUT2D eigenvalue weighted by molar-refractivity contribution is 0.0987. The van der Waals surface area contributed by atoms with Gasteiger partial charge in [0.05, 0.1) is 5.56 Å². The Kier molecular flexibility index (Phi) is 4.34. The van der Waals surface area contributed by atoms with Gasteiger partial charge in [-0.25, -0.2) is 0 Å². The number of nitrogens with zero attached hydrogens (tertiary/aromatic N) is 2. The molecule has 0 saturated carbocycles. The van der Waals surface area contributed by atoms with Gasteiger partial charge in [0.1, 0.15) is 0 Å². The van der Waals surface area contributed by atoms with Gasteiger partial charge in [-0.15, -0.1) is 5.11 Å². The molecule has 1 atom stereocenters. The number of benzene rings is 2. The molecule has 7 heteroatoms. The summed E-state index contributed by atoms with van der Waals surface area (Å²) in [5.41, 5.74) is 2.22. The molecule has 1 aliphatic rings. The normalized spacial score (nSPS) is 16.5. The van der Waals surface area contributed by atoms with Gasteiger partial charge in [-0.3, -0.25) is 4.79 Å². The number of carbonyl (C=O) groups is 1. The van der Waals surface area contributed by atoms with E-state index in [0.717, 1.165) is 11.3 Å². The van der Waals surface area contributed by atoms with E-state index < -0.39 is 5.50 Å². The van der Waals surface area contributed by atoms with Crippen LogP contribution in [0.5, 0.6) is 0 Å². The zero-order chi connectivity index (χ0) is 15.7. The Hall–Kier alpha value is -1.62. The lowest BCUT2D eigenvalue weighted by atomic mass is 10.0. The molecule has 0 bridgehead atoms. The van der Waals surface area contributed by atoms with E-state index in [1.807, 2.05) is 6.07 Å². The van der Waals surface area contributed by atoms with Crippen molar-refractivity contribution in [1.82, 2.24) is 0 Å². The van der Waals surface area contributed by atoms with Crippen LogP contribution in [0.3, 0.4) is 0 Å². The van der Waals surface area contributed by atoms with Gasteiger partial charge >= 0.3 is 0 Å². The van der Waals surface area contributed by atoms with Crippen molar-refractivity contribution in [1.29, 1.82) is 0 Å². The Morgan fingerprint density at radius 2 is 1.95 bits per heavy atom. The minimum Gasteiger partial charge on any atom is -0.381 e. The van der Waals surface area contributed by atoms with Gasteiger partial charge in [0.2, 0.25) is 0 Å². The number of nitrogens with one attached hydrogen (secondary N) is 1. The standard InChI is InChI=1S/C15H10Cl3N3O/c16-9-2-1-8(13(17)5-9)7-19-10-3-4-11-12(6-10)14(18)20-21-15(11)22/h1-6,14,19H,7H2. The molecular weight excluding hydrogens is 345 g/mol. The van der Waals surface area contributed by atoms with Crippen LogP contribution in [-0.4, -0.2) is 5.91 Å². The van der Waals surface area contributed by atoms with Crippen molar-refractivity contribution in [2.24, 2.45) is 10.2 Å². The van der Waals surface area contributed by atoms with Crippen molar-refractivity contribution in [3.63, 3.8) is 0 Å². The minimum atomic E-state index is -0.645. The van der Waals surface area contributed by atoms with Gasteiger partial charge in [-0.05, 0) is 35.9 Å². The van der Waals surface area contributed by atoms with Crippen molar-refractivity contribution in [3.05, 3.63) is 63.1 Å². The molecule has 2 aromatic carbocycles. The maximum absolute atomic E-state index is 11.6. The third-order valence-corrected chi connectivity index (χ3v) is 4.20. The van der Waals surface area contributed by atoms with Crippen LogP contribution < -0.4 is 5.32 Å². The molecule has 1 heterocycles. The molecule has 0 spiro atoms. The number of hydrogen-bond donors (Lipinski definition) is 1. The summed E-state index contributed by atoms with van der Waals surface area (Å²) in [6, 6.07) is 10.6. The Balaban J connectivity index is 1.80. The van der Waals surface area contributed by atoms with Crippen molar-refractivity contribution >= 4 is 46.4 Å². The smallest absolute Gasteiger partial charge is 0.295 e. The van der Waals surface area contributed by atoms with E-state index in [4.69, 9.17) is 34.8 Å². The van der Waals surface area contributed by atoms with Crippen LogP contribution in [0, 0.1) is 0 Å². The van der Waals surface area contributed by atoms with E-state index in [1.54, 1.807) is 30.3 Å². The molecule has 4 nitrogen and oxygen atoms in total. The highest BCUT2D eigenvalue weighted by molar-refractivity contribution is 6.35. The van der Waals surface area contributed by atoms with Crippen LogP contribution in [0.2, 0.25) is 10.0 Å². The first-order valence-electron chi connectivity index (χ1n) is 6.45. The van der Waals surface area contributed by atoms with Gasteiger partial charge in [0.15, 0.2) is 5.50 Å². The summed E-state index contributed by atoms with van der Waals surface area (Å²) in [5, 5.41) is 11.6. The first kappa shape index (κ1) is 15.3. The van der Waals surface area contributed by atoms with E-state index in [2.05, 4.69) is 15.5 Å². The molecule has 1 aliphatic heterocycles. The first-order valence-corrected chi connectivity index (χ1v) is 7.65. The lowest BCUT2D eigenvalue weighted by Crippen LogP contribution is -2.08. The quantitative estimate of drug-likeness (QED) is 0.588. The van der Waals surface area contributed by atoms with E-state index in [-0.39, 0.29) is 5.91 Å². The summed E-state index contributed by atoms with van der Waals surface area (Å²) >= 11 is 18.1. The molecule has 3 rings (SSSR count). The van der Waals surface area contributed by atoms with Crippen LogP contribution in [-0.2, 0) is 6.54 Å². The number of amides is 1. The monoisotopic (exact) mass is 353 g/mol. The number of fused-ring (bicyclic) bond motifs is 1.